The van der Waals surface area contributed by atoms with Crippen molar-refractivity contribution in [3.63, 3.8) is 0 Å². The molecule has 21 heavy (non-hydrogen) atoms. The van der Waals surface area contributed by atoms with Crippen LogP contribution < -0.4 is 0 Å². The number of methoxy groups -OCH3 is 1. The maximum atomic E-state index is 12.4. The van der Waals surface area contributed by atoms with Crippen molar-refractivity contribution in [2.45, 2.75) is 84.0 Å². The Labute approximate surface area is 129 Å². The normalized spacial score (nSPS) is 27.4. The van der Waals surface area contributed by atoms with E-state index in [4.69, 9.17) is 4.74 Å². The topological polar surface area (TPSA) is 43.4 Å². The van der Waals surface area contributed by atoms with Crippen LogP contribution in [0.15, 0.2) is 0 Å². The molecule has 0 aromatic carbocycles. The average Bonchev–Trinajstić information content (AvgIpc) is 2.47. The number of ketones is 1. The van der Waals surface area contributed by atoms with Crippen molar-refractivity contribution < 1.29 is 14.3 Å². The molecule has 0 N–H and O–H groups in total. The van der Waals surface area contributed by atoms with Crippen molar-refractivity contribution in [2.75, 3.05) is 7.11 Å². The minimum atomic E-state index is -0.525. The Bertz CT molecular complexity index is 312. The Morgan fingerprint density at radius 3 is 1.90 bits per heavy atom. The highest BCUT2D eigenvalue weighted by atomic mass is 16.5. The zero-order valence-electron chi connectivity index (χ0n) is 13.9. The number of esters is 1. The van der Waals surface area contributed by atoms with Gasteiger partial charge in [-0.25, -0.2) is 0 Å². The fraction of sp³-hybridized carbons (Fsp3) is 0.889. The molecule has 0 aromatic heterocycles. The van der Waals surface area contributed by atoms with Crippen LogP contribution in [0.5, 0.6) is 0 Å². The molecular weight excluding hydrogens is 264 g/mol. The largest absolute Gasteiger partial charge is 0.468 e. The van der Waals surface area contributed by atoms with Gasteiger partial charge in [0.2, 0.25) is 0 Å². The zero-order valence-corrected chi connectivity index (χ0v) is 13.9. The van der Waals surface area contributed by atoms with Crippen molar-refractivity contribution >= 4 is 11.8 Å². The van der Waals surface area contributed by atoms with Crippen molar-refractivity contribution in [3.8, 4) is 0 Å². The summed E-state index contributed by atoms with van der Waals surface area (Å²) in [7, 11) is 1.38. The van der Waals surface area contributed by atoms with E-state index in [0.717, 1.165) is 19.3 Å². The van der Waals surface area contributed by atoms with Crippen molar-refractivity contribution in [1.29, 1.82) is 0 Å². The maximum absolute atomic E-state index is 12.4. The highest BCUT2D eigenvalue weighted by Gasteiger charge is 2.27. The molecule has 0 aliphatic heterocycles. The Morgan fingerprint density at radius 2 is 1.38 bits per heavy atom. The van der Waals surface area contributed by atoms with Gasteiger partial charge in [0.05, 0.1) is 7.11 Å². The van der Waals surface area contributed by atoms with Gasteiger partial charge in [-0.05, 0) is 12.3 Å². The molecule has 0 bridgehead atoms. The van der Waals surface area contributed by atoms with Crippen LogP contribution in [0.4, 0.5) is 0 Å². The van der Waals surface area contributed by atoms with Gasteiger partial charge < -0.3 is 4.74 Å². The Morgan fingerprint density at radius 1 is 0.905 bits per heavy atom. The van der Waals surface area contributed by atoms with E-state index in [9.17, 15) is 9.59 Å². The molecule has 0 heterocycles. The van der Waals surface area contributed by atoms with Crippen LogP contribution in [-0.2, 0) is 14.3 Å². The molecule has 1 aliphatic carbocycles. The molecular formula is C18H32O3. The van der Waals surface area contributed by atoms with Gasteiger partial charge >= 0.3 is 5.97 Å². The lowest BCUT2D eigenvalue weighted by molar-refractivity contribution is -0.150. The van der Waals surface area contributed by atoms with E-state index in [0.29, 0.717) is 18.8 Å². The average molecular weight is 296 g/mol. The fourth-order valence-corrected chi connectivity index (χ4v) is 3.22. The summed E-state index contributed by atoms with van der Waals surface area (Å²) < 4.78 is 4.82. The number of ether oxygens (including phenoxy) is 1. The quantitative estimate of drug-likeness (QED) is 0.521. The molecule has 2 atom stereocenters. The monoisotopic (exact) mass is 296 g/mol. The van der Waals surface area contributed by atoms with Gasteiger partial charge in [-0.15, -0.1) is 0 Å². The van der Waals surface area contributed by atoms with E-state index in [2.05, 4.69) is 6.92 Å². The van der Waals surface area contributed by atoms with Crippen LogP contribution in [0.1, 0.15) is 84.0 Å². The minimum absolute atomic E-state index is 0.0872. The second-order valence-corrected chi connectivity index (χ2v) is 6.61. The second-order valence-electron chi connectivity index (χ2n) is 6.61. The minimum Gasteiger partial charge on any atom is -0.468 e. The molecule has 0 radical (unpaired) electrons. The fourth-order valence-electron chi connectivity index (χ4n) is 3.22. The number of hydrogen-bond acceptors (Lipinski definition) is 3. The summed E-state index contributed by atoms with van der Waals surface area (Å²) in [5.41, 5.74) is 0. The summed E-state index contributed by atoms with van der Waals surface area (Å²) >= 11 is 0. The molecule has 0 spiro atoms. The molecule has 2 unspecified atom stereocenters. The highest BCUT2D eigenvalue weighted by molar-refractivity contribution is 5.98. The van der Waals surface area contributed by atoms with E-state index in [-0.39, 0.29) is 11.8 Å². The number of carbonyl (C=O) groups is 2. The van der Waals surface area contributed by atoms with Gasteiger partial charge in [0.1, 0.15) is 11.7 Å². The predicted octanol–water partition coefficient (Wildman–Crippen LogP) is 4.68. The summed E-state index contributed by atoms with van der Waals surface area (Å²) in [5.74, 6) is -0.391. The first-order valence-corrected chi connectivity index (χ1v) is 8.75. The van der Waals surface area contributed by atoms with Crippen LogP contribution in [0.3, 0.4) is 0 Å². The van der Waals surface area contributed by atoms with Gasteiger partial charge in [0.25, 0.3) is 0 Å². The first kappa shape index (κ1) is 18.2. The summed E-state index contributed by atoms with van der Waals surface area (Å²) in [4.78, 5) is 24.2. The van der Waals surface area contributed by atoms with Gasteiger partial charge in [-0.2, -0.15) is 0 Å². The molecule has 1 aliphatic rings. The highest BCUT2D eigenvalue weighted by Crippen LogP contribution is 2.22. The first-order valence-electron chi connectivity index (χ1n) is 8.75. The van der Waals surface area contributed by atoms with Crippen molar-refractivity contribution in [2.24, 2.45) is 11.8 Å². The third-order valence-electron chi connectivity index (χ3n) is 4.61. The summed E-state index contributed by atoms with van der Waals surface area (Å²) in [5, 5.41) is 0. The summed E-state index contributed by atoms with van der Waals surface area (Å²) in [6.45, 7) is 2.13. The Hall–Kier alpha value is -0.860. The molecule has 3 heteroatoms. The standard InChI is InChI=1S/C18H32O3/c1-15-12-10-8-6-4-3-5-7-9-11-13-16(17(19)14-15)18(20)21-2/h15-16H,3-14H2,1-2H3. The Balaban J connectivity index is 2.57. The van der Waals surface area contributed by atoms with E-state index >= 15 is 0 Å². The number of carbonyl (C=O) groups excluding carboxylic acids is 2. The van der Waals surface area contributed by atoms with Gasteiger partial charge in [-0.1, -0.05) is 71.1 Å². The lowest BCUT2D eigenvalue weighted by atomic mass is 9.89. The lowest BCUT2D eigenvalue weighted by Gasteiger charge is -2.16. The molecule has 3 nitrogen and oxygen atoms in total. The van der Waals surface area contributed by atoms with E-state index in [1.54, 1.807) is 0 Å². The number of Topliss-reactive ketones (excluding diaryl/α,β-unsaturated/α-hetero) is 1. The zero-order chi connectivity index (χ0) is 15.5. The molecule has 0 saturated heterocycles. The van der Waals surface area contributed by atoms with Gasteiger partial charge in [0, 0.05) is 6.42 Å². The summed E-state index contributed by atoms with van der Waals surface area (Å²) in [6, 6.07) is 0. The summed E-state index contributed by atoms with van der Waals surface area (Å²) in [6.07, 6.45) is 13.4. The number of rotatable bonds is 1. The van der Waals surface area contributed by atoms with Crippen LogP contribution >= 0.6 is 0 Å². The molecule has 122 valence electrons. The van der Waals surface area contributed by atoms with Crippen LogP contribution in [0, 0.1) is 11.8 Å². The van der Waals surface area contributed by atoms with Crippen molar-refractivity contribution in [1.82, 2.24) is 0 Å². The van der Waals surface area contributed by atoms with Crippen LogP contribution in [-0.4, -0.2) is 18.9 Å². The molecule has 1 rings (SSSR count). The smallest absolute Gasteiger partial charge is 0.316 e. The van der Waals surface area contributed by atoms with Crippen molar-refractivity contribution in [3.05, 3.63) is 0 Å². The lowest BCUT2D eigenvalue weighted by Crippen LogP contribution is -2.26. The van der Waals surface area contributed by atoms with E-state index in [1.807, 2.05) is 0 Å². The first-order chi connectivity index (χ1) is 10.1. The van der Waals surface area contributed by atoms with E-state index < -0.39 is 5.92 Å². The molecule has 1 saturated carbocycles. The molecule has 1 fully saturated rings. The third kappa shape index (κ3) is 7.63. The SMILES string of the molecule is COC(=O)C1CCCCCCCCCCCC(C)CC1=O. The maximum Gasteiger partial charge on any atom is 0.316 e. The van der Waals surface area contributed by atoms with E-state index in [1.165, 1.54) is 52.1 Å². The van der Waals surface area contributed by atoms with Crippen LogP contribution in [0.25, 0.3) is 0 Å². The van der Waals surface area contributed by atoms with Crippen LogP contribution in [0.2, 0.25) is 0 Å². The van der Waals surface area contributed by atoms with Gasteiger partial charge in [0.15, 0.2) is 0 Å². The number of hydrogen-bond donors (Lipinski definition) is 0. The third-order valence-corrected chi connectivity index (χ3v) is 4.61. The molecule has 0 amide bonds. The van der Waals surface area contributed by atoms with Gasteiger partial charge in [-0.3, -0.25) is 9.59 Å². The predicted molar refractivity (Wildman–Crippen MR) is 85.1 cm³/mol. The second kappa shape index (κ2) is 10.8. The Kier molecular flexibility index (Phi) is 9.36. The molecule has 0 aromatic rings.